The third-order valence-electron chi connectivity index (χ3n) is 4.96. The van der Waals surface area contributed by atoms with E-state index in [-0.39, 0.29) is 5.91 Å². The summed E-state index contributed by atoms with van der Waals surface area (Å²) >= 11 is 3.56. The van der Waals surface area contributed by atoms with Gasteiger partial charge in [-0.15, -0.1) is 0 Å². The molecule has 4 rings (SSSR count). The van der Waals surface area contributed by atoms with Crippen molar-refractivity contribution in [2.24, 2.45) is 7.05 Å². The molecule has 6 nitrogen and oxygen atoms in total. The fraction of sp³-hybridized carbons (Fsp3) is 0.300. The lowest BCUT2D eigenvalue weighted by atomic mass is 10.1. The van der Waals surface area contributed by atoms with Gasteiger partial charge in [0.15, 0.2) is 0 Å². The van der Waals surface area contributed by atoms with Crippen LogP contribution in [0.1, 0.15) is 15.9 Å². The molecular weight excluding hydrogens is 408 g/mol. The third kappa shape index (κ3) is 3.33. The molecule has 2 aromatic heterocycles. The number of hydrogen-bond donors (Lipinski definition) is 1. The fourth-order valence-electron chi connectivity index (χ4n) is 3.38. The number of fused-ring (bicyclic) bond motifs is 1. The predicted octanol–water partition coefficient (Wildman–Crippen LogP) is 3.86. The van der Waals surface area contributed by atoms with Crippen LogP contribution in [0.4, 0.5) is 11.5 Å². The van der Waals surface area contributed by atoms with Crippen LogP contribution in [0.15, 0.2) is 41.1 Å². The van der Waals surface area contributed by atoms with Crippen LogP contribution >= 0.6 is 15.9 Å². The number of aromatic nitrogens is 2. The van der Waals surface area contributed by atoms with Crippen LogP contribution in [-0.4, -0.2) is 46.7 Å². The van der Waals surface area contributed by atoms with Gasteiger partial charge in [-0.05, 0) is 30.7 Å². The number of carbonyl (C=O) groups is 1. The average Bonchev–Trinajstić information content (AvgIpc) is 3.08. The van der Waals surface area contributed by atoms with Gasteiger partial charge in [0, 0.05) is 48.1 Å². The van der Waals surface area contributed by atoms with Crippen LogP contribution in [-0.2, 0) is 11.8 Å². The maximum Gasteiger partial charge on any atom is 0.257 e. The molecule has 0 atom stereocenters. The van der Waals surface area contributed by atoms with Gasteiger partial charge in [0.1, 0.15) is 5.82 Å². The second-order valence-corrected chi connectivity index (χ2v) is 7.51. The minimum atomic E-state index is 0.00258. The number of hydrogen-bond acceptors (Lipinski definition) is 4. The largest absolute Gasteiger partial charge is 0.378 e. The van der Waals surface area contributed by atoms with Gasteiger partial charge in [0.25, 0.3) is 5.91 Å². The van der Waals surface area contributed by atoms with E-state index in [4.69, 9.17) is 4.74 Å². The second-order valence-electron chi connectivity index (χ2n) is 6.65. The minimum absolute atomic E-state index is 0.00258. The normalized spacial score (nSPS) is 14.6. The number of pyridine rings is 1. The van der Waals surface area contributed by atoms with Crippen molar-refractivity contribution in [3.63, 3.8) is 0 Å². The number of nitrogens with one attached hydrogen (secondary N) is 1. The lowest BCUT2D eigenvalue weighted by molar-refractivity contribution is 0.0303. The van der Waals surface area contributed by atoms with Gasteiger partial charge in [0.2, 0.25) is 0 Å². The first kappa shape index (κ1) is 18.0. The van der Waals surface area contributed by atoms with Crippen molar-refractivity contribution in [2.75, 3.05) is 31.6 Å². The zero-order chi connectivity index (χ0) is 19.0. The molecule has 0 radical (unpaired) electrons. The number of carbonyl (C=O) groups excluding carboxylic acids is 1. The molecule has 1 aliphatic heterocycles. The standard InChI is InChI=1S/C20H21BrN4O2/c1-13-16(21)4-3-5-17(13)23-19-14-6-7-24(2)18(14)15(12-22-19)20(26)25-8-10-27-11-9-25/h3-7,12H,8-11H2,1-2H3,(H,22,23). The van der Waals surface area contributed by atoms with E-state index in [0.29, 0.717) is 31.9 Å². The molecule has 7 heteroatoms. The van der Waals surface area contributed by atoms with Crippen molar-refractivity contribution in [3.8, 4) is 0 Å². The number of anilines is 2. The van der Waals surface area contributed by atoms with E-state index in [1.807, 2.05) is 53.9 Å². The first-order valence-corrected chi connectivity index (χ1v) is 9.69. The molecule has 1 fully saturated rings. The predicted molar refractivity (Wildman–Crippen MR) is 110 cm³/mol. The molecule has 0 unspecified atom stereocenters. The maximum absolute atomic E-state index is 13.0. The Kier molecular flexibility index (Phi) is 4.88. The minimum Gasteiger partial charge on any atom is -0.378 e. The molecule has 1 aliphatic rings. The van der Waals surface area contributed by atoms with E-state index in [1.165, 1.54) is 0 Å². The van der Waals surface area contributed by atoms with Crippen LogP contribution in [0, 0.1) is 6.92 Å². The first-order chi connectivity index (χ1) is 13.1. The van der Waals surface area contributed by atoms with Crippen molar-refractivity contribution in [1.82, 2.24) is 14.5 Å². The topological polar surface area (TPSA) is 59.4 Å². The number of rotatable bonds is 3. The van der Waals surface area contributed by atoms with Gasteiger partial charge in [-0.25, -0.2) is 4.98 Å². The molecule has 0 aliphatic carbocycles. The Morgan fingerprint density at radius 2 is 2.04 bits per heavy atom. The zero-order valence-electron chi connectivity index (χ0n) is 15.3. The highest BCUT2D eigenvalue weighted by Crippen LogP contribution is 2.31. The first-order valence-electron chi connectivity index (χ1n) is 8.89. The van der Waals surface area contributed by atoms with Gasteiger partial charge in [0.05, 0.1) is 24.3 Å². The lowest BCUT2D eigenvalue weighted by Crippen LogP contribution is -2.40. The smallest absolute Gasteiger partial charge is 0.257 e. The molecule has 3 heterocycles. The van der Waals surface area contributed by atoms with E-state index in [1.54, 1.807) is 6.20 Å². The van der Waals surface area contributed by atoms with E-state index in [9.17, 15) is 4.79 Å². The number of morpholine rings is 1. The molecule has 0 bridgehead atoms. The highest BCUT2D eigenvalue weighted by Gasteiger charge is 2.23. The number of halogens is 1. The summed E-state index contributed by atoms with van der Waals surface area (Å²) in [5, 5.41) is 4.34. The molecule has 1 N–H and O–H groups in total. The van der Waals surface area contributed by atoms with Crippen LogP contribution in [0.5, 0.6) is 0 Å². The van der Waals surface area contributed by atoms with Crippen molar-refractivity contribution in [3.05, 3.63) is 52.3 Å². The van der Waals surface area contributed by atoms with Crippen molar-refractivity contribution < 1.29 is 9.53 Å². The van der Waals surface area contributed by atoms with Gasteiger partial charge in [-0.1, -0.05) is 22.0 Å². The highest BCUT2D eigenvalue weighted by molar-refractivity contribution is 9.10. The summed E-state index contributed by atoms with van der Waals surface area (Å²) in [6.45, 7) is 4.43. The van der Waals surface area contributed by atoms with Crippen LogP contribution in [0.25, 0.3) is 10.9 Å². The average molecular weight is 429 g/mol. The third-order valence-corrected chi connectivity index (χ3v) is 5.81. The summed E-state index contributed by atoms with van der Waals surface area (Å²) in [7, 11) is 1.95. The molecule has 1 aromatic carbocycles. The van der Waals surface area contributed by atoms with E-state index in [0.717, 1.165) is 32.4 Å². The lowest BCUT2D eigenvalue weighted by Gasteiger charge is -2.27. The molecule has 3 aromatic rings. The second kappa shape index (κ2) is 7.32. The van der Waals surface area contributed by atoms with E-state index < -0.39 is 0 Å². The summed E-state index contributed by atoms with van der Waals surface area (Å²) < 4.78 is 8.37. The molecule has 0 spiro atoms. The Morgan fingerprint density at radius 1 is 1.26 bits per heavy atom. The van der Waals surface area contributed by atoms with Gasteiger partial charge < -0.3 is 19.5 Å². The summed E-state index contributed by atoms with van der Waals surface area (Å²) in [6.07, 6.45) is 3.64. The van der Waals surface area contributed by atoms with E-state index >= 15 is 0 Å². The quantitative estimate of drug-likeness (QED) is 0.687. The SMILES string of the molecule is Cc1c(Br)cccc1Nc1ncc(C(=O)N2CCOCC2)c2c1ccn2C. The maximum atomic E-state index is 13.0. The summed E-state index contributed by atoms with van der Waals surface area (Å²) in [4.78, 5) is 19.4. The highest BCUT2D eigenvalue weighted by atomic mass is 79.9. The molecule has 27 heavy (non-hydrogen) atoms. The Labute approximate surface area is 166 Å². The van der Waals surface area contributed by atoms with E-state index in [2.05, 4.69) is 26.2 Å². The Hall–Kier alpha value is -2.38. The van der Waals surface area contributed by atoms with Crippen LogP contribution in [0.2, 0.25) is 0 Å². The number of benzene rings is 1. The van der Waals surface area contributed by atoms with Gasteiger partial charge in [-0.3, -0.25) is 4.79 Å². The van der Waals surface area contributed by atoms with Crippen molar-refractivity contribution in [2.45, 2.75) is 6.92 Å². The molecule has 140 valence electrons. The summed E-state index contributed by atoms with van der Waals surface area (Å²) in [5.41, 5.74) is 3.60. The van der Waals surface area contributed by atoms with Crippen LogP contribution in [0.3, 0.4) is 0 Å². The Morgan fingerprint density at radius 3 is 2.81 bits per heavy atom. The Balaban J connectivity index is 1.75. The van der Waals surface area contributed by atoms with Crippen LogP contribution < -0.4 is 5.32 Å². The molecule has 1 saturated heterocycles. The molecule has 1 amide bonds. The van der Waals surface area contributed by atoms with Gasteiger partial charge in [-0.2, -0.15) is 0 Å². The zero-order valence-corrected chi connectivity index (χ0v) is 16.9. The number of amides is 1. The molecule has 0 saturated carbocycles. The van der Waals surface area contributed by atoms with Crippen molar-refractivity contribution >= 4 is 44.2 Å². The number of nitrogens with zero attached hydrogens (tertiary/aromatic N) is 3. The summed E-state index contributed by atoms with van der Waals surface area (Å²) in [5.74, 6) is 0.744. The van der Waals surface area contributed by atoms with Crippen molar-refractivity contribution in [1.29, 1.82) is 0 Å². The molecular formula is C20H21BrN4O2. The number of ether oxygens (including phenoxy) is 1. The summed E-state index contributed by atoms with van der Waals surface area (Å²) in [6, 6.07) is 8.01. The fourth-order valence-corrected chi connectivity index (χ4v) is 3.75. The Bertz CT molecular complexity index is 1010. The van der Waals surface area contributed by atoms with Gasteiger partial charge >= 0.3 is 0 Å². The number of aryl methyl sites for hydroxylation is 1. The monoisotopic (exact) mass is 428 g/mol.